The summed E-state index contributed by atoms with van der Waals surface area (Å²) < 4.78 is 5.17. The zero-order valence-electron chi connectivity index (χ0n) is 11.7. The SMILES string of the molecule is CCN(CC)Cc1csc(-c2ccc(OC)cc2)n1. The van der Waals surface area contributed by atoms with Gasteiger partial charge in [-0.3, -0.25) is 4.90 Å². The summed E-state index contributed by atoms with van der Waals surface area (Å²) >= 11 is 1.70. The number of rotatable bonds is 6. The Labute approximate surface area is 118 Å². The van der Waals surface area contributed by atoms with Gasteiger partial charge in [0.05, 0.1) is 12.8 Å². The molecule has 0 amide bonds. The quantitative estimate of drug-likeness (QED) is 0.805. The van der Waals surface area contributed by atoms with E-state index in [1.54, 1.807) is 18.4 Å². The van der Waals surface area contributed by atoms with E-state index in [9.17, 15) is 0 Å². The van der Waals surface area contributed by atoms with Gasteiger partial charge in [0.25, 0.3) is 0 Å². The number of methoxy groups -OCH3 is 1. The van der Waals surface area contributed by atoms with Crippen molar-refractivity contribution < 1.29 is 4.74 Å². The second-order valence-corrected chi connectivity index (χ2v) is 5.19. The van der Waals surface area contributed by atoms with Gasteiger partial charge in [0.15, 0.2) is 0 Å². The van der Waals surface area contributed by atoms with Crippen LogP contribution in [0, 0.1) is 0 Å². The number of nitrogens with zero attached hydrogens (tertiary/aromatic N) is 2. The standard InChI is InChI=1S/C15H20N2OS/c1-4-17(5-2)10-13-11-19-15(16-13)12-6-8-14(18-3)9-7-12/h6-9,11H,4-5,10H2,1-3H3. The van der Waals surface area contributed by atoms with Crippen molar-refractivity contribution in [2.75, 3.05) is 20.2 Å². The highest BCUT2D eigenvalue weighted by Gasteiger charge is 2.07. The molecule has 4 heteroatoms. The maximum absolute atomic E-state index is 5.17. The Morgan fingerprint density at radius 1 is 1.16 bits per heavy atom. The predicted molar refractivity (Wildman–Crippen MR) is 80.7 cm³/mol. The van der Waals surface area contributed by atoms with Crippen molar-refractivity contribution in [3.05, 3.63) is 35.3 Å². The molecule has 0 N–H and O–H groups in total. The van der Waals surface area contributed by atoms with Crippen LogP contribution >= 0.6 is 11.3 Å². The zero-order valence-corrected chi connectivity index (χ0v) is 12.5. The summed E-state index contributed by atoms with van der Waals surface area (Å²) in [6.07, 6.45) is 0. The molecule has 1 heterocycles. The van der Waals surface area contributed by atoms with E-state index in [-0.39, 0.29) is 0 Å². The van der Waals surface area contributed by atoms with Crippen LogP contribution in [0.5, 0.6) is 5.75 Å². The average molecular weight is 276 g/mol. The molecule has 0 aliphatic carbocycles. The van der Waals surface area contributed by atoms with Crippen LogP contribution in [0.3, 0.4) is 0 Å². The Morgan fingerprint density at radius 3 is 2.42 bits per heavy atom. The summed E-state index contributed by atoms with van der Waals surface area (Å²) in [5.41, 5.74) is 2.30. The molecule has 102 valence electrons. The molecule has 0 bridgehead atoms. The van der Waals surface area contributed by atoms with Gasteiger partial charge in [-0.25, -0.2) is 4.98 Å². The molecular weight excluding hydrogens is 256 g/mol. The summed E-state index contributed by atoms with van der Waals surface area (Å²) in [5, 5.41) is 3.22. The highest BCUT2D eigenvalue weighted by molar-refractivity contribution is 7.13. The van der Waals surface area contributed by atoms with E-state index >= 15 is 0 Å². The van der Waals surface area contributed by atoms with Crippen LogP contribution in [-0.2, 0) is 6.54 Å². The maximum Gasteiger partial charge on any atom is 0.123 e. The maximum atomic E-state index is 5.17. The second-order valence-electron chi connectivity index (χ2n) is 4.33. The van der Waals surface area contributed by atoms with Crippen LogP contribution in [0.1, 0.15) is 19.5 Å². The molecule has 3 nitrogen and oxygen atoms in total. The van der Waals surface area contributed by atoms with E-state index in [1.165, 1.54) is 0 Å². The van der Waals surface area contributed by atoms with Crippen LogP contribution in [0.2, 0.25) is 0 Å². The number of ether oxygens (including phenoxy) is 1. The fraction of sp³-hybridized carbons (Fsp3) is 0.400. The largest absolute Gasteiger partial charge is 0.497 e. The van der Waals surface area contributed by atoms with Gasteiger partial charge in [-0.2, -0.15) is 0 Å². The van der Waals surface area contributed by atoms with Crippen molar-refractivity contribution in [2.45, 2.75) is 20.4 Å². The summed E-state index contributed by atoms with van der Waals surface area (Å²) in [6, 6.07) is 8.05. The molecule has 1 aromatic heterocycles. The summed E-state index contributed by atoms with van der Waals surface area (Å²) in [7, 11) is 1.68. The number of aromatic nitrogens is 1. The van der Waals surface area contributed by atoms with Gasteiger partial charge in [-0.05, 0) is 37.4 Å². The first-order valence-corrected chi connectivity index (χ1v) is 7.46. The third kappa shape index (κ3) is 3.55. The molecular formula is C15H20N2OS. The monoisotopic (exact) mass is 276 g/mol. The van der Waals surface area contributed by atoms with Gasteiger partial charge in [0.2, 0.25) is 0 Å². The van der Waals surface area contributed by atoms with Gasteiger partial charge in [-0.15, -0.1) is 11.3 Å². The fourth-order valence-corrected chi connectivity index (χ4v) is 2.74. The van der Waals surface area contributed by atoms with Crippen molar-refractivity contribution in [2.24, 2.45) is 0 Å². The van der Waals surface area contributed by atoms with Crippen LogP contribution in [0.4, 0.5) is 0 Å². The molecule has 0 aliphatic rings. The minimum atomic E-state index is 0.878. The lowest BCUT2D eigenvalue weighted by atomic mass is 10.2. The molecule has 0 aliphatic heterocycles. The Bertz CT molecular complexity index is 503. The first-order valence-electron chi connectivity index (χ1n) is 6.58. The van der Waals surface area contributed by atoms with E-state index < -0.39 is 0 Å². The molecule has 0 unspecified atom stereocenters. The van der Waals surface area contributed by atoms with Crippen LogP contribution in [-0.4, -0.2) is 30.1 Å². The Balaban J connectivity index is 2.11. The first kappa shape index (κ1) is 14.0. The minimum Gasteiger partial charge on any atom is -0.497 e. The molecule has 0 spiro atoms. The highest BCUT2D eigenvalue weighted by atomic mass is 32.1. The van der Waals surface area contributed by atoms with E-state index in [0.717, 1.165) is 41.6 Å². The van der Waals surface area contributed by atoms with Crippen molar-refractivity contribution >= 4 is 11.3 Å². The molecule has 0 saturated heterocycles. The predicted octanol–water partition coefficient (Wildman–Crippen LogP) is 3.66. The van der Waals surface area contributed by atoms with E-state index in [0.29, 0.717) is 0 Å². The molecule has 0 radical (unpaired) electrons. The second kappa shape index (κ2) is 6.68. The molecule has 0 fully saturated rings. The lowest BCUT2D eigenvalue weighted by Crippen LogP contribution is -2.22. The first-order chi connectivity index (χ1) is 9.26. The number of hydrogen-bond acceptors (Lipinski definition) is 4. The summed E-state index contributed by atoms with van der Waals surface area (Å²) in [5.74, 6) is 0.878. The molecule has 0 atom stereocenters. The van der Waals surface area contributed by atoms with Gasteiger partial charge in [0.1, 0.15) is 10.8 Å². The third-order valence-corrected chi connectivity index (χ3v) is 4.11. The lowest BCUT2D eigenvalue weighted by molar-refractivity contribution is 0.293. The van der Waals surface area contributed by atoms with Gasteiger partial charge in [-0.1, -0.05) is 13.8 Å². The fourth-order valence-electron chi connectivity index (χ4n) is 1.92. The van der Waals surface area contributed by atoms with Crippen LogP contribution in [0.25, 0.3) is 10.6 Å². The molecule has 19 heavy (non-hydrogen) atoms. The zero-order chi connectivity index (χ0) is 13.7. The Morgan fingerprint density at radius 2 is 1.84 bits per heavy atom. The number of hydrogen-bond donors (Lipinski definition) is 0. The van der Waals surface area contributed by atoms with Gasteiger partial charge < -0.3 is 4.74 Å². The summed E-state index contributed by atoms with van der Waals surface area (Å²) in [4.78, 5) is 7.08. The van der Waals surface area contributed by atoms with Crippen molar-refractivity contribution in [1.29, 1.82) is 0 Å². The van der Waals surface area contributed by atoms with Crippen LogP contribution in [0.15, 0.2) is 29.6 Å². The Kier molecular flexibility index (Phi) is 4.93. The van der Waals surface area contributed by atoms with E-state index in [1.807, 2.05) is 12.1 Å². The van der Waals surface area contributed by atoms with E-state index in [4.69, 9.17) is 9.72 Å². The van der Waals surface area contributed by atoms with E-state index in [2.05, 4.69) is 36.3 Å². The van der Waals surface area contributed by atoms with Crippen molar-refractivity contribution in [3.63, 3.8) is 0 Å². The average Bonchev–Trinajstić information content (AvgIpc) is 2.93. The van der Waals surface area contributed by atoms with Crippen molar-refractivity contribution in [1.82, 2.24) is 9.88 Å². The molecule has 1 aromatic carbocycles. The smallest absolute Gasteiger partial charge is 0.123 e. The molecule has 0 saturated carbocycles. The Hall–Kier alpha value is -1.39. The topological polar surface area (TPSA) is 25.4 Å². The van der Waals surface area contributed by atoms with Gasteiger partial charge in [0, 0.05) is 17.5 Å². The normalized spacial score (nSPS) is 10.9. The van der Waals surface area contributed by atoms with Gasteiger partial charge >= 0.3 is 0 Å². The molecule has 2 rings (SSSR count). The minimum absolute atomic E-state index is 0.878. The summed E-state index contributed by atoms with van der Waals surface area (Å²) in [6.45, 7) is 7.41. The highest BCUT2D eigenvalue weighted by Crippen LogP contribution is 2.26. The number of thiazole rings is 1. The lowest BCUT2D eigenvalue weighted by Gasteiger charge is -2.15. The van der Waals surface area contributed by atoms with Crippen LogP contribution < -0.4 is 4.74 Å². The molecule has 2 aromatic rings. The third-order valence-electron chi connectivity index (χ3n) is 3.17. The number of benzene rings is 1. The van der Waals surface area contributed by atoms with Crippen molar-refractivity contribution in [3.8, 4) is 16.3 Å².